The van der Waals surface area contributed by atoms with Crippen LogP contribution in [0.25, 0.3) is 0 Å². The van der Waals surface area contributed by atoms with E-state index in [0.717, 1.165) is 18.1 Å². The molecule has 29 heavy (non-hydrogen) atoms. The van der Waals surface area contributed by atoms with Crippen molar-refractivity contribution in [2.24, 2.45) is 5.92 Å². The van der Waals surface area contributed by atoms with Crippen LogP contribution in [0.5, 0.6) is 5.75 Å². The molecular formula is C20H18F4N2O3. The Morgan fingerprint density at radius 3 is 2.72 bits per heavy atom. The van der Waals surface area contributed by atoms with Crippen LogP contribution >= 0.6 is 0 Å². The van der Waals surface area contributed by atoms with Crippen molar-refractivity contribution in [2.75, 3.05) is 5.32 Å². The topological polar surface area (TPSA) is 60.5 Å². The fourth-order valence-corrected chi connectivity index (χ4v) is 4.16. The number of carbonyl (C=O) groups excluding carboxylic acids is 1. The molecule has 0 saturated carbocycles. The minimum Gasteiger partial charge on any atom is -0.403 e. The van der Waals surface area contributed by atoms with Gasteiger partial charge in [-0.3, -0.25) is 9.78 Å². The lowest BCUT2D eigenvalue weighted by molar-refractivity contribution is -0.275. The number of aromatic nitrogens is 1. The van der Waals surface area contributed by atoms with Crippen LogP contribution in [-0.2, 0) is 9.53 Å². The number of fused-ring (bicyclic) bond motifs is 2. The van der Waals surface area contributed by atoms with Gasteiger partial charge in [-0.25, -0.2) is 4.39 Å². The van der Waals surface area contributed by atoms with Crippen molar-refractivity contribution in [3.05, 3.63) is 53.6 Å². The predicted octanol–water partition coefficient (Wildman–Crippen LogP) is 4.33. The normalized spacial score (nSPS) is 25.8. The number of benzene rings is 1. The molecule has 3 heterocycles. The first-order chi connectivity index (χ1) is 13.7. The van der Waals surface area contributed by atoms with E-state index in [0.29, 0.717) is 12.1 Å². The molecule has 2 fully saturated rings. The Hall–Kier alpha value is -2.68. The molecule has 1 aromatic heterocycles. The molecular weight excluding hydrogens is 392 g/mol. The molecule has 4 unspecified atom stereocenters. The van der Waals surface area contributed by atoms with Crippen LogP contribution in [0.4, 0.5) is 23.2 Å². The lowest BCUT2D eigenvalue weighted by Gasteiger charge is -2.27. The maximum Gasteiger partial charge on any atom is 0.573 e. The van der Waals surface area contributed by atoms with Crippen LogP contribution in [0.1, 0.15) is 30.0 Å². The number of hydrogen-bond donors (Lipinski definition) is 1. The average Bonchev–Trinajstić information content (AvgIpc) is 3.25. The molecule has 2 aliphatic rings. The number of nitrogens with zero attached hydrogens (tertiary/aromatic N) is 1. The number of hydrogen-bond acceptors (Lipinski definition) is 4. The highest BCUT2D eigenvalue weighted by molar-refractivity contribution is 5.94. The molecule has 4 atom stereocenters. The summed E-state index contributed by atoms with van der Waals surface area (Å²) in [5, 5.41) is 2.41. The number of rotatable bonds is 4. The number of pyridine rings is 1. The van der Waals surface area contributed by atoms with Crippen LogP contribution in [0.2, 0.25) is 0 Å². The molecule has 0 spiro atoms. The zero-order chi connectivity index (χ0) is 20.8. The number of aryl methyl sites for hydroxylation is 1. The quantitative estimate of drug-likeness (QED) is 0.763. The summed E-state index contributed by atoms with van der Waals surface area (Å²) in [5.74, 6) is -3.72. The number of nitrogens with one attached hydrogen (secondary N) is 1. The molecule has 2 bridgehead atoms. The standard InChI is InChI=1S/C20H18F4N2O3/c1-10-7-8-25-12(9-10)16-13-5-6-14(28-13)17(16)19(27)26-11-3-2-4-15(18(11)21)29-20(22,23)24/h2-4,7-9,13-14,16-17H,5-6H2,1H3,(H,26,27). The third-order valence-electron chi connectivity index (χ3n) is 5.30. The minimum atomic E-state index is -5.04. The van der Waals surface area contributed by atoms with E-state index in [4.69, 9.17) is 4.74 Å². The van der Waals surface area contributed by atoms with Crippen LogP contribution in [0.15, 0.2) is 36.5 Å². The number of amides is 1. The second kappa shape index (κ2) is 7.29. The molecule has 9 heteroatoms. The van der Waals surface area contributed by atoms with Crippen molar-refractivity contribution in [1.29, 1.82) is 0 Å². The van der Waals surface area contributed by atoms with E-state index >= 15 is 0 Å². The Kier molecular flexibility index (Phi) is 4.94. The van der Waals surface area contributed by atoms with Gasteiger partial charge in [-0.1, -0.05) is 6.07 Å². The summed E-state index contributed by atoms with van der Waals surface area (Å²) < 4.78 is 61.3. The summed E-state index contributed by atoms with van der Waals surface area (Å²) in [6.45, 7) is 1.91. The Balaban J connectivity index is 1.59. The van der Waals surface area contributed by atoms with E-state index in [1.807, 2.05) is 19.1 Å². The molecule has 1 aromatic carbocycles. The summed E-state index contributed by atoms with van der Waals surface area (Å²) in [7, 11) is 0. The first kappa shape index (κ1) is 19.6. The SMILES string of the molecule is Cc1ccnc(C2C3CCC(O3)C2C(=O)Nc2cccc(OC(F)(F)F)c2F)c1. The molecule has 1 amide bonds. The molecule has 1 N–H and O–H groups in total. The van der Waals surface area contributed by atoms with Crippen molar-refractivity contribution < 1.29 is 31.8 Å². The molecule has 0 aliphatic carbocycles. The van der Waals surface area contributed by atoms with Gasteiger partial charge in [0, 0.05) is 17.8 Å². The summed E-state index contributed by atoms with van der Waals surface area (Å²) >= 11 is 0. The van der Waals surface area contributed by atoms with Gasteiger partial charge >= 0.3 is 6.36 Å². The lowest BCUT2D eigenvalue weighted by Crippen LogP contribution is -2.36. The Morgan fingerprint density at radius 2 is 2.00 bits per heavy atom. The van der Waals surface area contributed by atoms with Gasteiger partial charge < -0.3 is 14.8 Å². The highest BCUT2D eigenvalue weighted by atomic mass is 19.4. The highest BCUT2D eigenvalue weighted by Crippen LogP contribution is 2.49. The Morgan fingerprint density at radius 1 is 1.24 bits per heavy atom. The van der Waals surface area contributed by atoms with Crippen molar-refractivity contribution >= 4 is 11.6 Å². The van der Waals surface area contributed by atoms with Gasteiger partial charge in [-0.2, -0.15) is 0 Å². The zero-order valence-electron chi connectivity index (χ0n) is 15.4. The molecule has 2 saturated heterocycles. The summed E-state index contributed by atoms with van der Waals surface area (Å²) in [6, 6.07) is 6.93. The van der Waals surface area contributed by atoms with Crippen molar-refractivity contribution in [3.8, 4) is 5.75 Å². The second-order valence-electron chi connectivity index (χ2n) is 7.25. The first-order valence-electron chi connectivity index (χ1n) is 9.16. The van der Waals surface area contributed by atoms with Gasteiger partial charge in [0.15, 0.2) is 11.6 Å². The number of ether oxygens (including phenoxy) is 2. The third-order valence-corrected chi connectivity index (χ3v) is 5.30. The molecule has 4 rings (SSSR count). The van der Waals surface area contributed by atoms with Gasteiger partial charge in [0.05, 0.1) is 23.8 Å². The van der Waals surface area contributed by atoms with Crippen LogP contribution in [0, 0.1) is 18.7 Å². The van der Waals surface area contributed by atoms with E-state index < -0.39 is 29.8 Å². The van der Waals surface area contributed by atoms with E-state index in [-0.39, 0.29) is 23.8 Å². The number of alkyl halides is 3. The van der Waals surface area contributed by atoms with Crippen molar-refractivity contribution in [2.45, 2.75) is 44.3 Å². The fraction of sp³-hybridized carbons (Fsp3) is 0.400. The largest absolute Gasteiger partial charge is 0.573 e. The fourth-order valence-electron chi connectivity index (χ4n) is 4.16. The minimum absolute atomic E-state index is 0.171. The number of carbonyl (C=O) groups is 1. The van der Waals surface area contributed by atoms with E-state index in [2.05, 4.69) is 15.0 Å². The maximum absolute atomic E-state index is 14.4. The molecule has 0 radical (unpaired) electrons. The molecule has 2 aliphatic heterocycles. The summed E-state index contributed by atoms with van der Waals surface area (Å²) in [6.07, 6.45) is -2.42. The Bertz CT molecular complexity index is 934. The average molecular weight is 410 g/mol. The monoisotopic (exact) mass is 410 g/mol. The number of halogens is 4. The van der Waals surface area contributed by atoms with Crippen LogP contribution in [-0.4, -0.2) is 29.5 Å². The molecule has 154 valence electrons. The van der Waals surface area contributed by atoms with Gasteiger partial charge in [0.25, 0.3) is 0 Å². The van der Waals surface area contributed by atoms with E-state index in [1.165, 1.54) is 12.1 Å². The van der Waals surface area contributed by atoms with Gasteiger partial charge in [0.1, 0.15) is 0 Å². The molecule has 5 nitrogen and oxygen atoms in total. The predicted molar refractivity (Wildman–Crippen MR) is 94.8 cm³/mol. The smallest absolute Gasteiger partial charge is 0.403 e. The molecule has 2 aromatic rings. The van der Waals surface area contributed by atoms with Crippen LogP contribution in [0.3, 0.4) is 0 Å². The van der Waals surface area contributed by atoms with E-state index in [1.54, 1.807) is 6.20 Å². The lowest BCUT2D eigenvalue weighted by atomic mass is 9.76. The van der Waals surface area contributed by atoms with Gasteiger partial charge in [-0.05, 0) is 49.6 Å². The zero-order valence-corrected chi connectivity index (χ0v) is 15.4. The maximum atomic E-state index is 14.4. The summed E-state index contributed by atoms with van der Waals surface area (Å²) in [4.78, 5) is 17.3. The van der Waals surface area contributed by atoms with E-state index in [9.17, 15) is 22.4 Å². The van der Waals surface area contributed by atoms with Gasteiger partial charge in [0.2, 0.25) is 5.91 Å². The number of anilines is 1. The summed E-state index contributed by atoms with van der Waals surface area (Å²) in [5.41, 5.74) is 1.32. The van der Waals surface area contributed by atoms with Crippen molar-refractivity contribution in [1.82, 2.24) is 4.98 Å². The Labute approximate surface area is 164 Å². The third kappa shape index (κ3) is 3.91. The van der Waals surface area contributed by atoms with Crippen LogP contribution < -0.4 is 10.1 Å². The van der Waals surface area contributed by atoms with Gasteiger partial charge in [-0.15, -0.1) is 13.2 Å². The first-order valence-corrected chi connectivity index (χ1v) is 9.16. The van der Waals surface area contributed by atoms with Crippen molar-refractivity contribution in [3.63, 3.8) is 0 Å². The second-order valence-corrected chi connectivity index (χ2v) is 7.25. The highest BCUT2D eigenvalue weighted by Gasteiger charge is 2.53.